The van der Waals surface area contributed by atoms with Crippen molar-refractivity contribution in [2.45, 2.75) is 6.42 Å². The molecule has 1 unspecified atom stereocenters. The Balaban J connectivity index is 2.09. The molecular weight excluding hydrogens is 158 g/mol. The highest BCUT2D eigenvalue weighted by molar-refractivity contribution is 5.95. The van der Waals surface area contributed by atoms with Crippen LogP contribution in [0.2, 0.25) is 0 Å². The molecule has 0 aliphatic carbocycles. The Kier molecular flexibility index (Phi) is 1.87. The molecule has 64 valence electrons. The fourth-order valence-corrected chi connectivity index (χ4v) is 1.27. The lowest BCUT2D eigenvalue weighted by molar-refractivity contribution is 0.0895. The summed E-state index contributed by atoms with van der Waals surface area (Å²) in [4.78, 5) is 11.5. The van der Waals surface area contributed by atoms with E-state index in [1.54, 1.807) is 0 Å². The van der Waals surface area contributed by atoms with Gasteiger partial charge in [0, 0.05) is 12.5 Å². The van der Waals surface area contributed by atoms with Gasteiger partial charge in [0.1, 0.15) is 5.69 Å². The van der Waals surface area contributed by atoms with Gasteiger partial charge in [0.05, 0.1) is 12.8 Å². The third kappa shape index (κ3) is 1.23. The third-order valence-electron chi connectivity index (χ3n) is 1.97. The number of ketones is 1. The fourth-order valence-electron chi connectivity index (χ4n) is 1.27. The molecule has 1 aromatic rings. The van der Waals surface area contributed by atoms with E-state index in [9.17, 15) is 4.79 Å². The van der Waals surface area contributed by atoms with Crippen molar-refractivity contribution in [1.82, 2.24) is 15.4 Å². The molecule has 1 N–H and O–H groups in total. The van der Waals surface area contributed by atoms with Gasteiger partial charge >= 0.3 is 0 Å². The largest absolute Gasteiger partial charge is 0.381 e. The summed E-state index contributed by atoms with van der Waals surface area (Å²) < 4.78 is 5.10. The zero-order valence-electron chi connectivity index (χ0n) is 6.49. The highest BCUT2D eigenvalue weighted by atomic mass is 16.5. The van der Waals surface area contributed by atoms with Crippen LogP contribution in [-0.2, 0) is 4.74 Å². The number of carbonyl (C=O) groups is 1. The third-order valence-corrected chi connectivity index (χ3v) is 1.97. The number of aromatic nitrogens is 3. The molecule has 0 amide bonds. The Morgan fingerprint density at radius 3 is 3.25 bits per heavy atom. The number of rotatable bonds is 2. The summed E-state index contributed by atoms with van der Waals surface area (Å²) in [5, 5.41) is 9.71. The van der Waals surface area contributed by atoms with Gasteiger partial charge in [-0.2, -0.15) is 15.4 Å². The van der Waals surface area contributed by atoms with E-state index in [0.29, 0.717) is 18.9 Å². The maximum Gasteiger partial charge on any atom is 0.190 e. The molecule has 1 saturated heterocycles. The highest BCUT2D eigenvalue weighted by Gasteiger charge is 2.25. The molecule has 1 fully saturated rings. The van der Waals surface area contributed by atoms with E-state index in [1.807, 2.05) is 0 Å². The summed E-state index contributed by atoms with van der Waals surface area (Å²) in [7, 11) is 0. The standard InChI is InChI=1S/C7H9N3O2/c11-7(5-1-2-12-4-5)6-3-8-10-9-6/h3,5H,1-2,4H2,(H,8,9,10). The van der Waals surface area contributed by atoms with Gasteiger partial charge in [-0.1, -0.05) is 0 Å². The number of H-pyrrole nitrogens is 1. The molecule has 0 aromatic carbocycles. The lowest BCUT2D eigenvalue weighted by atomic mass is 10.0. The molecule has 1 atom stereocenters. The maximum atomic E-state index is 11.5. The zero-order chi connectivity index (χ0) is 8.39. The number of aromatic amines is 1. The number of ether oxygens (including phenoxy) is 1. The van der Waals surface area contributed by atoms with E-state index in [1.165, 1.54) is 6.20 Å². The van der Waals surface area contributed by atoms with Crippen molar-refractivity contribution >= 4 is 5.78 Å². The molecule has 1 aromatic heterocycles. The number of Topliss-reactive ketones (excluding diaryl/α,β-unsaturated/α-hetero) is 1. The molecule has 1 aliphatic rings. The Bertz CT molecular complexity index is 264. The molecule has 2 heterocycles. The quantitative estimate of drug-likeness (QED) is 0.630. The number of carbonyl (C=O) groups excluding carboxylic acids is 1. The summed E-state index contributed by atoms with van der Waals surface area (Å²) in [6, 6.07) is 0. The van der Waals surface area contributed by atoms with E-state index in [0.717, 1.165) is 6.42 Å². The Labute approximate surface area is 69.1 Å². The van der Waals surface area contributed by atoms with Crippen LogP contribution in [0.25, 0.3) is 0 Å². The molecule has 0 saturated carbocycles. The lowest BCUT2D eigenvalue weighted by Gasteiger charge is -2.00. The van der Waals surface area contributed by atoms with E-state index in [2.05, 4.69) is 15.4 Å². The molecular formula is C7H9N3O2. The van der Waals surface area contributed by atoms with Crippen LogP contribution >= 0.6 is 0 Å². The monoisotopic (exact) mass is 167 g/mol. The van der Waals surface area contributed by atoms with Crippen LogP contribution in [0.3, 0.4) is 0 Å². The molecule has 0 radical (unpaired) electrons. The maximum absolute atomic E-state index is 11.5. The Morgan fingerprint density at radius 2 is 2.67 bits per heavy atom. The highest BCUT2D eigenvalue weighted by Crippen LogP contribution is 2.16. The van der Waals surface area contributed by atoms with Gasteiger partial charge < -0.3 is 4.74 Å². The van der Waals surface area contributed by atoms with Crippen molar-refractivity contribution in [3.63, 3.8) is 0 Å². The molecule has 1 aliphatic heterocycles. The fraction of sp³-hybridized carbons (Fsp3) is 0.571. The van der Waals surface area contributed by atoms with Crippen LogP contribution in [0.5, 0.6) is 0 Å². The summed E-state index contributed by atoms with van der Waals surface area (Å²) in [5.74, 6) is 0.0105. The lowest BCUT2D eigenvalue weighted by Crippen LogP contribution is -2.14. The first kappa shape index (κ1) is 7.42. The van der Waals surface area contributed by atoms with Gasteiger partial charge in [-0.15, -0.1) is 0 Å². The van der Waals surface area contributed by atoms with E-state index >= 15 is 0 Å². The van der Waals surface area contributed by atoms with Crippen molar-refractivity contribution < 1.29 is 9.53 Å². The number of nitrogens with one attached hydrogen (secondary N) is 1. The molecule has 0 bridgehead atoms. The first-order valence-electron chi connectivity index (χ1n) is 3.85. The number of hydrogen-bond donors (Lipinski definition) is 1. The minimum absolute atomic E-state index is 0.0184. The SMILES string of the molecule is O=C(c1cn[nH]n1)C1CCOC1. The normalized spacial score (nSPS) is 22.8. The Morgan fingerprint density at radius 1 is 1.75 bits per heavy atom. The predicted octanol–water partition coefficient (Wildman–Crippen LogP) is 0.0239. The van der Waals surface area contributed by atoms with Gasteiger partial charge in [0.25, 0.3) is 0 Å². The van der Waals surface area contributed by atoms with Crippen molar-refractivity contribution in [3.8, 4) is 0 Å². The Hall–Kier alpha value is -1.23. The van der Waals surface area contributed by atoms with Gasteiger partial charge in [0.15, 0.2) is 5.78 Å². The summed E-state index contributed by atoms with van der Waals surface area (Å²) in [5.41, 5.74) is 0.408. The number of nitrogens with zero attached hydrogens (tertiary/aromatic N) is 2. The molecule has 2 rings (SSSR count). The number of hydrogen-bond acceptors (Lipinski definition) is 4. The first-order chi connectivity index (χ1) is 5.88. The molecule has 5 nitrogen and oxygen atoms in total. The van der Waals surface area contributed by atoms with Crippen LogP contribution in [-0.4, -0.2) is 34.4 Å². The van der Waals surface area contributed by atoms with Crippen molar-refractivity contribution in [2.75, 3.05) is 13.2 Å². The summed E-state index contributed by atoms with van der Waals surface area (Å²) in [6.07, 6.45) is 2.24. The second kappa shape index (κ2) is 3.02. The first-order valence-corrected chi connectivity index (χ1v) is 3.85. The molecule has 12 heavy (non-hydrogen) atoms. The second-order valence-electron chi connectivity index (χ2n) is 2.78. The van der Waals surface area contributed by atoms with Crippen LogP contribution in [0.1, 0.15) is 16.9 Å². The van der Waals surface area contributed by atoms with Gasteiger partial charge in [0.2, 0.25) is 0 Å². The minimum Gasteiger partial charge on any atom is -0.381 e. The predicted molar refractivity (Wildman–Crippen MR) is 39.6 cm³/mol. The average molecular weight is 167 g/mol. The van der Waals surface area contributed by atoms with E-state index < -0.39 is 0 Å². The van der Waals surface area contributed by atoms with Gasteiger partial charge in [-0.3, -0.25) is 4.79 Å². The zero-order valence-corrected chi connectivity index (χ0v) is 6.49. The topological polar surface area (TPSA) is 67.9 Å². The minimum atomic E-state index is -0.0184. The van der Waals surface area contributed by atoms with Gasteiger partial charge in [-0.25, -0.2) is 0 Å². The van der Waals surface area contributed by atoms with Crippen molar-refractivity contribution in [2.24, 2.45) is 5.92 Å². The van der Waals surface area contributed by atoms with Crippen molar-refractivity contribution in [1.29, 1.82) is 0 Å². The second-order valence-corrected chi connectivity index (χ2v) is 2.78. The van der Waals surface area contributed by atoms with Crippen LogP contribution < -0.4 is 0 Å². The molecule has 0 spiro atoms. The van der Waals surface area contributed by atoms with E-state index in [-0.39, 0.29) is 11.7 Å². The summed E-state index contributed by atoms with van der Waals surface area (Å²) >= 11 is 0. The molecule has 5 heteroatoms. The van der Waals surface area contributed by atoms with Crippen LogP contribution in [0, 0.1) is 5.92 Å². The smallest absolute Gasteiger partial charge is 0.190 e. The average Bonchev–Trinajstić information content (AvgIpc) is 2.77. The summed E-state index contributed by atoms with van der Waals surface area (Å²) in [6.45, 7) is 1.19. The van der Waals surface area contributed by atoms with Crippen LogP contribution in [0.4, 0.5) is 0 Å². The van der Waals surface area contributed by atoms with E-state index in [4.69, 9.17) is 4.74 Å². The van der Waals surface area contributed by atoms with Crippen molar-refractivity contribution in [3.05, 3.63) is 11.9 Å². The van der Waals surface area contributed by atoms with Gasteiger partial charge in [-0.05, 0) is 6.42 Å². The van der Waals surface area contributed by atoms with Crippen LogP contribution in [0.15, 0.2) is 6.20 Å².